The molecule has 0 aliphatic carbocycles. The summed E-state index contributed by atoms with van der Waals surface area (Å²) in [5.74, 6) is -1.02. The van der Waals surface area contributed by atoms with Crippen molar-refractivity contribution in [2.45, 2.75) is 18.9 Å². The third-order valence-corrected chi connectivity index (χ3v) is 2.71. The summed E-state index contributed by atoms with van der Waals surface area (Å²) < 4.78 is 6.75. The van der Waals surface area contributed by atoms with E-state index in [4.69, 9.17) is 9.84 Å². The fourth-order valence-electron chi connectivity index (χ4n) is 1.86. The van der Waals surface area contributed by atoms with Crippen molar-refractivity contribution in [1.82, 2.24) is 4.57 Å². The number of carboxylic acid groups (broad SMARTS) is 1. The lowest BCUT2D eigenvalue weighted by Gasteiger charge is -2.24. The molecule has 1 N–H and O–H groups in total. The van der Waals surface area contributed by atoms with Gasteiger partial charge in [-0.3, -0.25) is 4.79 Å². The van der Waals surface area contributed by atoms with E-state index in [1.165, 1.54) is 22.9 Å². The second kappa shape index (κ2) is 4.49. The third kappa shape index (κ3) is 2.14. The highest BCUT2D eigenvalue weighted by Crippen LogP contribution is 2.17. The van der Waals surface area contributed by atoms with Gasteiger partial charge in [-0.15, -0.1) is 0 Å². The van der Waals surface area contributed by atoms with Crippen molar-refractivity contribution in [1.29, 1.82) is 0 Å². The summed E-state index contributed by atoms with van der Waals surface area (Å²) >= 11 is 0. The maximum atomic E-state index is 11.6. The maximum absolute atomic E-state index is 11.6. The first-order chi connectivity index (χ1) is 7.68. The SMILES string of the molecule is O=C(O)c1ccc(=O)n(C2CCCOC2)c1. The van der Waals surface area contributed by atoms with Crippen molar-refractivity contribution in [2.75, 3.05) is 13.2 Å². The van der Waals surface area contributed by atoms with Crippen LogP contribution in [0.2, 0.25) is 0 Å². The zero-order valence-corrected chi connectivity index (χ0v) is 8.76. The summed E-state index contributed by atoms with van der Waals surface area (Å²) in [7, 11) is 0. The Hall–Kier alpha value is -1.62. The van der Waals surface area contributed by atoms with E-state index in [0.29, 0.717) is 13.2 Å². The Morgan fingerprint density at radius 3 is 2.94 bits per heavy atom. The molecule has 0 bridgehead atoms. The van der Waals surface area contributed by atoms with Crippen LogP contribution < -0.4 is 5.56 Å². The number of carboxylic acids is 1. The molecule has 5 nitrogen and oxygen atoms in total. The lowest BCUT2D eigenvalue weighted by atomic mass is 10.1. The van der Waals surface area contributed by atoms with Crippen LogP contribution in [0.3, 0.4) is 0 Å². The number of hydrogen-bond acceptors (Lipinski definition) is 3. The van der Waals surface area contributed by atoms with Gasteiger partial charge in [0.15, 0.2) is 0 Å². The summed E-state index contributed by atoms with van der Waals surface area (Å²) in [6.45, 7) is 1.19. The fourth-order valence-corrected chi connectivity index (χ4v) is 1.86. The smallest absolute Gasteiger partial charge is 0.337 e. The number of nitrogens with zero attached hydrogens (tertiary/aromatic N) is 1. The van der Waals surface area contributed by atoms with Crippen molar-refractivity contribution in [2.24, 2.45) is 0 Å². The van der Waals surface area contributed by atoms with Crippen LogP contribution in [0, 0.1) is 0 Å². The van der Waals surface area contributed by atoms with Gasteiger partial charge >= 0.3 is 5.97 Å². The molecule has 1 aromatic rings. The second-order valence-electron chi connectivity index (χ2n) is 3.84. The van der Waals surface area contributed by atoms with Crippen molar-refractivity contribution < 1.29 is 14.6 Å². The van der Waals surface area contributed by atoms with Crippen LogP contribution in [0.4, 0.5) is 0 Å². The Morgan fingerprint density at radius 1 is 1.50 bits per heavy atom. The van der Waals surface area contributed by atoms with E-state index in [1.54, 1.807) is 0 Å². The molecule has 0 spiro atoms. The number of aromatic nitrogens is 1. The van der Waals surface area contributed by atoms with Gasteiger partial charge in [0.05, 0.1) is 18.2 Å². The van der Waals surface area contributed by atoms with Gasteiger partial charge in [0, 0.05) is 18.9 Å². The van der Waals surface area contributed by atoms with E-state index in [9.17, 15) is 9.59 Å². The third-order valence-electron chi connectivity index (χ3n) is 2.71. The topological polar surface area (TPSA) is 68.5 Å². The zero-order valence-electron chi connectivity index (χ0n) is 8.76. The quantitative estimate of drug-likeness (QED) is 0.808. The Labute approximate surface area is 92.3 Å². The molecular weight excluding hydrogens is 210 g/mol. The normalized spacial score (nSPS) is 20.6. The molecule has 0 saturated carbocycles. The van der Waals surface area contributed by atoms with E-state index in [-0.39, 0.29) is 17.2 Å². The minimum atomic E-state index is -1.02. The molecule has 1 saturated heterocycles. The van der Waals surface area contributed by atoms with E-state index < -0.39 is 5.97 Å². The highest BCUT2D eigenvalue weighted by atomic mass is 16.5. The minimum absolute atomic E-state index is 0.0412. The van der Waals surface area contributed by atoms with Gasteiger partial charge in [-0.1, -0.05) is 0 Å². The van der Waals surface area contributed by atoms with E-state index >= 15 is 0 Å². The number of pyridine rings is 1. The molecule has 1 unspecified atom stereocenters. The van der Waals surface area contributed by atoms with Crippen LogP contribution in [-0.4, -0.2) is 28.9 Å². The number of aromatic carboxylic acids is 1. The summed E-state index contributed by atoms with van der Waals surface area (Å²) in [4.78, 5) is 22.4. The van der Waals surface area contributed by atoms with Gasteiger partial charge in [0.25, 0.3) is 5.56 Å². The standard InChI is InChI=1S/C11H13NO4/c13-10-4-3-8(11(14)15)6-12(10)9-2-1-5-16-7-9/h3-4,6,9H,1-2,5,7H2,(H,14,15). The van der Waals surface area contributed by atoms with Crippen LogP contribution >= 0.6 is 0 Å². The molecule has 86 valence electrons. The van der Waals surface area contributed by atoms with E-state index in [2.05, 4.69) is 0 Å². The molecule has 16 heavy (non-hydrogen) atoms. The molecule has 1 aliphatic heterocycles. The molecule has 1 atom stereocenters. The van der Waals surface area contributed by atoms with Crippen LogP contribution in [-0.2, 0) is 4.74 Å². The predicted molar refractivity (Wildman–Crippen MR) is 56.8 cm³/mol. The van der Waals surface area contributed by atoms with Crippen molar-refractivity contribution in [3.05, 3.63) is 34.2 Å². The predicted octanol–water partition coefficient (Wildman–Crippen LogP) is 0.898. The number of carbonyl (C=O) groups is 1. The molecule has 0 radical (unpaired) electrons. The summed E-state index contributed by atoms with van der Waals surface area (Å²) in [5, 5.41) is 8.85. The van der Waals surface area contributed by atoms with Crippen LogP contribution in [0.25, 0.3) is 0 Å². The lowest BCUT2D eigenvalue weighted by molar-refractivity contribution is 0.0573. The van der Waals surface area contributed by atoms with Crippen molar-refractivity contribution in [3.8, 4) is 0 Å². The van der Waals surface area contributed by atoms with Gasteiger partial charge in [-0.05, 0) is 18.9 Å². The lowest BCUT2D eigenvalue weighted by Crippen LogP contribution is -2.30. The van der Waals surface area contributed by atoms with Gasteiger partial charge in [0.2, 0.25) is 0 Å². The van der Waals surface area contributed by atoms with E-state index in [1.807, 2.05) is 0 Å². The van der Waals surface area contributed by atoms with Crippen LogP contribution in [0.1, 0.15) is 29.2 Å². The number of rotatable bonds is 2. The Bertz CT molecular complexity index is 446. The zero-order chi connectivity index (χ0) is 11.5. The minimum Gasteiger partial charge on any atom is -0.478 e. The molecular formula is C11H13NO4. The summed E-state index contributed by atoms with van der Waals surface area (Å²) in [5.41, 5.74) is -0.0503. The molecule has 0 aromatic carbocycles. The average molecular weight is 223 g/mol. The molecule has 0 amide bonds. The Morgan fingerprint density at radius 2 is 2.31 bits per heavy atom. The monoisotopic (exact) mass is 223 g/mol. The first-order valence-corrected chi connectivity index (χ1v) is 5.22. The van der Waals surface area contributed by atoms with Crippen molar-refractivity contribution >= 4 is 5.97 Å². The molecule has 1 aliphatic rings. The maximum Gasteiger partial charge on any atom is 0.337 e. The van der Waals surface area contributed by atoms with Gasteiger partial charge < -0.3 is 14.4 Å². The number of ether oxygens (including phenoxy) is 1. The molecule has 2 rings (SSSR count). The number of hydrogen-bond donors (Lipinski definition) is 1. The largest absolute Gasteiger partial charge is 0.478 e. The molecule has 5 heteroatoms. The van der Waals surface area contributed by atoms with Gasteiger partial charge in [0.1, 0.15) is 0 Å². The molecule has 2 heterocycles. The summed E-state index contributed by atoms with van der Waals surface area (Å²) in [6, 6.07) is 2.57. The highest BCUT2D eigenvalue weighted by Gasteiger charge is 2.17. The average Bonchev–Trinajstić information content (AvgIpc) is 2.30. The summed E-state index contributed by atoms with van der Waals surface area (Å²) in [6.07, 6.45) is 3.14. The van der Waals surface area contributed by atoms with Gasteiger partial charge in [-0.25, -0.2) is 4.79 Å². The Balaban J connectivity index is 2.34. The molecule has 1 fully saturated rings. The first-order valence-electron chi connectivity index (χ1n) is 5.22. The second-order valence-corrected chi connectivity index (χ2v) is 3.84. The fraction of sp³-hybridized carbons (Fsp3) is 0.455. The van der Waals surface area contributed by atoms with Gasteiger partial charge in [-0.2, -0.15) is 0 Å². The van der Waals surface area contributed by atoms with E-state index in [0.717, 1.165) is 12.8 Å². The molecule has 1 aromatic heterocycles. The highest BCUT2D eigenvalue weighted by molar-refractivity contribution is 5.87. The first kappa shape index (κ1) is 10.9. The van der Waals surface area contributed by atoms with Crippen molar-refractivity contribution in [3.63, 3.8) is 0 Å². The Kier molecular flexibility index (Phi) is 3.05. The van der Waals surface area contributed by atoms with Crippen LogP contribution in [0.5, 0.6) is 0 Å². The van der Waals surface area contributed by atoms with Crippen LogP contribution in [0.15, 0.2) is 23.1 Å².